The molecule has 0 saturated carbocycles. The maximum atomic E-state index is 12.4. The van der Waals surface area contributed by atoms with Crippen molar-refractivity contribution in [2.75, 3.05) is 5.32 Å². The van der Waals surface area contributed by atoms with Gasteiger partial charge in [-0.05, 0) is 29.8 Å². The number of carbonyl (C=O) groups excluding carboxylic acids is 2. The molecule has 0 aliphatic carbocycles. The second kappa shape index (κ2) is 8.86. The van der Waals surface area contributed by atoms with Crippen LogP contribution in [0.4, 0.5) is 10.5 Å². The third-order valence-corrected chi connectivity index (χ3v) is 3.89. The standard InChI is InChI=1S/C20H22N2O5/c1-20(2,13-12-17(24)22-26)18(14-8-10-16(23)11-9-14)27-19(25)21-15-6-4-3-5-7-15/h3-13,18,23,26H,1-2H3,(H,21,25)(H,22,24)/b13-12+/t18-/m0/s1. The highest BCUT2D eigenvalue weighted by molar-refractivity contribution is 5.86. The van der Waals surface area contributed by atoms with Crippen molar-refractivity contribution < 1.29 is 24.6 Å². The molecule has 0 aromatic heterocycles. The summed E-state index contributed by atoms with van der Waals surface area (Å²) in [4.78, 5) is 23.7. The average Bonchev–Trinajstić information content (AvgIpc) is 2.66. The first-order chi connectivity index (χ1) is 12.8. The lowest BCUT2D eigenvalue weighted by molar-refractivity contribution is -0.124. The maximum Gasteiger partial charge on any atom is 0.412 e. The van der Waals surface area contributed by atoms with Crippen LogP contribution < -0.4 is 10.8 Å². The van der Waals surface area contributed by atoms with E-state index in [4.69, 9.17) is 9.94 Å². The van der Waals surface area contributed by atoms with Crippen molar-refractivity contribution in [1.82, 2.24) is 5.48 Å². The Kier molecular flexibility index (Phi) is 6.56. The number of hydrogen-bond donors (Lipinski definition) is 4. The molecule has 1 atom stereocenters. The van der Waals surface area contributed by atoms with E-state index in [2.05, 4.69) is 5.32 Å². The normalized spacial score (nSPS) is 12.4. The molecule has 2 amide bonds. The topological polar surface area (TPSA) is 108 Å². The van der Waals surface area contributed by atoms with Crippen molar-refractivity contribution in [1.29, 1.82) is 0 Å². The summed E-state index contributed by atoms with van der Waals surface area (Å²) < 4.78 is 5.63. The molecular formula is C20H22N2O5. The lowest BCUT2D eigenvalue weighted by Crippen LogP contribution is -2.28. The number of aromatic hydroxyl groups is 1. The van der Waals surface area contributed by atoms with Gasteiger partial charge in [0, 0.05) is 17.2 Å². The third-order valence-electron chi connectivity index (χ3n) is 3.89. The lowest BCUT2D eigenvalue weighted by atomic mass is 9.82. The van der Waals surface area contributed by atoms with Crippen LogP contribution in [0.15, 0.2) is 66.7 Å². The Labute approximate surface area is 157 Å². The fraction of sp³-hybridized carbons (Fsp3) is 0.200. The predicted molar refractivity (Wildman–Crippen MR) is 100 cm³/mol. The summed E-state index contributed by atoms with van der Waals surface area (Å²) in [7, 11) is 0. The van der Waals surface area contributed by atoms with Crippen LogP contribution in [0.1, 0.15) is 25.5 Å². The van der Waals surface area contributed by atoms with Crippen molar-refractivity contribution in [2.24, 2.45) is 5.41 Å². The van der Waals surface area contributed by atoms with E-state index < -0.39 is 23.5 Å². The number of nitrogens with one attached hydrogen (secondary N) is 2. The molecule has 0 aliphatic rings. The Balaban J connectivity index is 2.26. The van der Waals surface area contributed by atoms with Gasteiger partial charge in [0.15, 0.2) is 0 Å². The van der Waals surface area contributed by atoms with Crippen LogP contribution in [-0.2, 0) is 9.53 Å². The second-order valence-corrected chi connectivity index (χ2v) is 6.50. The number of hydroxylamine groups is 1. The molecular weight excluding hydrogens is 348 g/mol. The van der Waals surface area contributed by atoms with Crippen LogP contribution in [0.25, 0.3) is 0 Å². The minimum absolute atomic E-state index is 0.0826. The van der Waals surface area contributed by atoms with Gasteiger partial charge < -0.3 is 9.84 Å². The van der Waals surface area contributed by atoms with Gasteiger partial charge in [-0.3, -0.25) is 15.3 Å². The number of carbonyl (C=O) groups is 2. The number of benzene rings is 2. The molecule has 0 radical (unpaired) electrons. The zero-order valence-electron chi connectivity index (χ0n) is 15.0. The van der Waals surface area contributed by atoms with E-state index in [-0.39, 0.29) is 5.75 Å². The van der Waals surface area contributed by atoms with Crippen LogP contribution in [-0.4, -0.2) is 22.3 Å². The van der Waals surface area contributed by atoms with Crippen molar-refractivity contribution in [3.8, 4) is 5.75 Å². The molecule has 2 aromatic carbocycles. The summed E-state index contributed by atoms with van der Waals surface area (Å²) in [5, 5.41) is 20.8. The maximum absolute atomic E-state index is 12.4. The molecule has 7 heteroatoms. The lowest BCUT2D eigenvalue weighted by Gasteiger charge is -2.31. The molecule has 0 bridgehead atoms. The molecule has 2 rings (SSSR count). The molecule has 2 aromatic rings. The molecule has 0 fully saturated rings. The Morgan fingerprint density at radius 3 is 2.30 bits per heavy atom. The van der Waals surface area contributed by atoms with Gasteiger partial charge in [0.05, 0.1) is 0 Å². The fourth-order valence-corrected chi connectivity index (χ4v) is 2.49. The quantitative estimate of drug-likeness (QED) is 0.352. The summed E-state index contributed by atoms with van der Waals surface area (Å²) in [6.45, 7) is 3.56. The van der Waals surface area contributed by atoms with Gasteiger partial charge in [-0.15, -0.1) is 0 Å². The van der Waals surface area contributed by atoms with Crippen LogP contribution in [0.2, 0.25) is 0 Å². The Bertz CT molecular complexity index is 801. The van der Waals surface area contributed by atoms with Crippen LogP contribution in [0, 0.1) is 5.41 Å². The predicted octanol–water partition coefficient (Wildman–Crippen LogP) is 3.77. The van der Waals surface area contributed by atoms with E-state index in [9.17, 15) is 14.7 Å². The molecule has 0 heterocycles. The summed E-state index contributed by atoms with van der Waals surface area (Å²) >= 11 is 0. The molecule has 0 unspecified atom stereocenters. The van der Waals surface area contributed by atoms with Gasteiger partial charge in [-0.1, -0.05) is 50.3 Å². The first kappa shape index (κ1) is 20.0. The van der Waals surface area contributed by atoms with Crippen LogP contribution in [0.3, 0.4) is 0 Å². The number of ether oxygens (including phenoxy) is 1. The van der Waals surface area contributed by atoms with Crippen LogP contribution >= 0.6 is 0 Å². The first-order valence-electron chi connectivity index (χ1n) is 8.27. The SMILES string of the molecule is CC(C)(/C=C/C(=O)NO)[C@@H](OC(=O)Nc1ccccc1)c1ccc(O)cc1. The highest BCUT2D eigenvalue weighted by Gasteiger charge is 2.32. The summed E-state index contributed by atoms with van der Waals surface area (Å²) in [6.07, 6.45) is 1.27. The monoisotopic (exact) mass is 370 g/mol. The van der Waals surface area contributed by atoms with Gasteiger partial charge in [0.2, 0.25) is 0 Å². The highest BCUT2D eigenvalue weighted by atomic mass is 16.6. The minimum Gasteiger partial charge on any atom is -0.508 e. The van der Waals surface area contributed by atoms with Crippen molar-refractivity contribution in [3.05, 3.63) is 72.3 Å². The van der Waals surface area contributed by atoms with Gasteiger partial charge in [-0.25, -0.2) is 10.3 Å². The number of phenols is 1. The zero-order valence-corrected chi connectivity index (χ0v) is 15.0. The number of hydrogen-bond acceptors (Lipinski definition) is 5. The smallest absolute Gasteiger partial charge is 0.412 e. The Morgan fingerprint density at radius 2 is 1.70 bits per heavy atom. The van der Waals surface area contributed by atoms with Gasteiger partial charge in [0.1, 0.15) is 11.9 Å². The number of phenolic OH excluding ortho intramolecular Hbond substituents is 1. The number of anilines is 1. The van der Waals surface area contributed by atoms with Crippen LogP contribution in [0.5, 0.6) is 5.75 Å². The molecule has 0 aliphatic heterocycles. The number of rotatable bonds is 6. The van der Waals surface area contributed by atoms with E-state index in [0.29, 0.717) is 11.3 Å². The Hall–Kier alpha value is -3.32. The van der Waals surface area contributed by atoms with E-state index in [1.54, 1.807) is 50.2 Å². The average molecular weight is 370 g/mol. The van der Waals surface area contributed by atoms with E-state index >= 15 is 0 Å². The minimum atomic E-state index is -0.794. The molecule has 0 saturated heterocycles. The van der Waals surface area contributed by atoms with Crippen molar-refractivity contribution in [3.63, 3.8) is 0 Å². The van der Waals surface area contributed by atoms with Gasteiger partial charge in [-0.2, -0.15) is 0 Å². The third kappa shape index (κ3) is 5.86. The summed E-state index contributed by atoms with van der Waals surface area (Å²) in [6, 6.07) is 15.1. The molecule has 0 spiro atoms. The zero-order chi connectivity index (χ0) is 19.9. The number of amides is 2. The second-order valence-electron chi connectivity index (χ2n) is 6.50. The largest absolute Gasteiger partial charge is 0.508 e. The van der Waals surface area contributed by atoms with Gasteiger partial charge in [0.25, 0.3) is 5.91 Å². The van der Waals surface area contributed by atoms with E-state index in [0.717, 1.165) is 6.08 Å². The molecule has 7 nitrogen and oxygen atoms in total. The van der Waals surface area contributed by atoms with Crippen molar-refractivity contribution in [2.45, 2.75) is 20.0 Å². The van der Waals surface area contributed by atoms with Crippen molar-refractivity contribution >= 4 is 17.7 Å². The summed E-state index contributed by atoms with van der Waals surface area (Å²) in [5.41, 5.74) is 1.94. The number of para-hydroxylation sites is 1. The molecule has 27 heavy (non-hydrogen) atoms. The fourth-order valence-electron chi connectivity index (χ4n) is 2.49. The first-order valence-corrected chi connectivity index (χ1v) is 8.27. The van der Waals surface area contributed by atoms with Gasteiger partial charge >= 0.3 is 6.09 Å². The summed E-state index contributed by atoms with van der Waals surface area (Å²) in [5.74, 6) is -0.611. The molecule has 4 N–H and O–H groups in total. The van der Waals surface area contributed by atoms with E-state index in [1.807, 2.05) is 6.07 Å². The Morgan fingerprint density at radius 1 is 1.07 bits per heavy atom. The highest BCUT2D eigenvalue weighted by Crippen LogP contribution is 2.38. The molecule has 142 valence electrons. The van der Waals surface area contributed by atoms with E-state index in [1.165, 1.54) is 23.7 Å².